The quantitative estimate of drug-likeness (QED) is 0.894. The molecule has 106 valence electrons. The predicted octanol–water partition coefficient (Wildman–Crippen LogP) is 2.60. The van der Waals surface area contributed by atoms with Crippen LogP contribution in [0.4, 0.5) is 4.79 Å². The number of aromatic nitrogens is 2. The maximum absolute atomic E-state index is 11.9. The average Bonchev–Trinajstić information content (AvgIpc) is 2.80. The van der Waals surface area contributed by atoms with Crippen molar-refractivity contribution >= 4 is 6.09 Å². The van der Waals surface area contributed by atoms with Crippen LogP contribution in [0.25, 0.3) is 0 Å². The van der Waals surface area contributed by atoms with E-state index in [4.69, 9.17) is 4.74 Å². The van der Waals surface area contributed by atoms with E-state index in [0.29, 0.717) is 5.92 Å². The number of aromatic amines is 1. The summed E-state index contributed by atoms with van der Waals surface area (Å²) in [5.74, 6) is 0.624. The summed E-state index contributed by atoms with van der Waals surface area (Å²) in [4.78, 5) is 20.9. The van der Waals surface area contributed by atoms with Crippen molar-refractivity contribution in [2.45, 2.75) is 45.6 Å². The number of amides is 1. The van der Waals surface area contributed by atoms with Gasteiger partial charge in [-0.2, -0.15) is 0 Å². The van der Waals surface area contributed by atoms with Gasteiger partial charge in [0.1, 0.15) is 5.60 Å². The number of nitrogens with zero attached hydrogens (tertiary/aromatic N) is 2. The molecule has 19 heavy (non-hydrogen) atoms. The molecule has 0 atom stereocenters. The number of H-pyrrole nitrogens is 1. The molecular weight excluding hydrogens is 242 g/mol. The maximum atomic E-state index is 11.9. The molecule has 0 radical (unpaired) electrons. The molecule has 1 aliphatic rings. The first-order valence-corrected chi connectivity index (χ1v) is 6.89. The Kier molecular flexibility index (Phi) is 4.12. The summed E-state index contributed by atoms with van der Waals surface area (Å²) in [5, 5.41) is 0. The van der Waals surface area contributed by atoms with Gasteiger partial charge in [0.15, 0.2) is 0 Å². The lowest BCUT2D eigenvalue weighted by Gasteiger charge is -2.33. The Morgan fingerprint density at radius 2 is 2.16 bits per heavy atom. The zero-order valence-corrected chi connectivity index (χ0v) is 12.0. The highest BCUT2D eigenvalue weighted by atomic mass is 16.6. The van der Waals surface area contributed by atoms with E-state index in [0.717, 1.165) is 32.4 Å². The Labute approximate surface area is 114 Å². The van der Waals surface area contributed by atoms with Gasteiger partial charge < -0.3 is 14.6 Å². The van der Waals surface area contributed by atoms with Crippen molar-refractivity contribution in [2.75, 3.05) is 13.1 Å². The molecule has 0 spiro atoms. The van der Waals surface area contributed by atoms with E-state index in [-0.39, 0.29) is 6.09 Å². The molecule has 1 fully saturated rings. The highest BCUT2D eigenvalue weighted by Gasteiger charge is 2.26. The lowest BCUT2D eigenvalue weighted by Crippen LogP contribution is -2.42. The fourth-order valence-corrected chi connectivity index (χ4v) is 2.35. The molecule has 1 N–H and O–H groups in total. The van der Waals surface area contributed by atoms with E-state index >= 15 is 0 Å². The Bertz CT molecular complexity index is 401. The molecule has 1 aromatic heterocycles. The van der Waals surface area contributed by atoms with Gasteiger partial charge in [-0.3, -0.25) is 0 Å². The normalized spacial score (nSPS) is 17.5. The lowest BCUT2D eigenvalue weighted by molar-refractivity contribution is 0.0184. The molecule has 0 aromatic carbocycles. The first-order chi connectivity index (χ1) is 8.94. The average molecular weight is 265 g/mol. The summed E-state index contributed by atoms with van der Waals surface area (Å²) in [6.45, 7) is 7.27. The van der Waals surface area contributed by atoms with Gasteiger partial charge >= 0.3 is 6.09 Å². The second kappa shape index (κ2) is 5.63. The molecule has 1 aliphatic heterocycles. The van der Waals surface area contributed by atoms with Crippen molar-refractivity contribution in [3.05, 3.63) is 18.2 Å². The smallest absolute Gasteiger partial charge is 0.410 e. The topological polar surface area (TPSA) is 58.2 Å². The van der Waals surface area contributed by atoms with Gasteiger partial charge in [-0.15, -0.1) is 0 Å². The molecule has 5 nitrogen and oxygen atoms in total. The van der Waals surface area contributed by atoms with Crippen LogP contribution in [0.15, 0.2) is 12.5 Å². The molecule has 1 saturated heterocycles. The highest BCUT2D eigenvalue weighted by Crippen LogP contribution is 2.22. The Morgan fingerprint density at radius 1 is 1.47 bits per heavy atom. The number of nitrogens with one attached hydrogen (secondary N) is 1. The van der Waals surface area contributed by atoms with Gasteiger partial charge in [0.2, 0.25) is 0 Å². The van der Waals surface area contributed by atoms with E-state index in [1.165, 1.54) is 5.69 Å². The number of rotatable bonds is 2. The third kappa shape index (κ3) is 4.26. The number of hydrogen-bond acceptors (Lipinski definition) is 3. The number of carbonyl (C=O) groups is 1. The SMILES string of the molecule is CC(C)(C)OC(=O)N1CCC(Cc2cnc[nH]2)CC1. The molecule has 0 unspecified atom stereocenters. The highest BCUT2D eigenvalue weighted by molar-refractivity contribution is 5.68. The van der Waals surface area contributed by atoms with Crippen molar-refractivity contribution in [3.63, 3.8) is 0 Å². The zero-order valence-electron chi connectivity index (χ0n) is 12.0. The molecule has 2 rings (SSSR count). The van der Waals surface area contributed by atoms with Gasteiger partial charge in [-0.05, 0) is 46.0 Å². The summed E-state index contributed by atoms with van der Waals surface area (Å²) in [5.41, 5.74) is 0.764. The van der Waals surface area contributed by atoms with Gasteiger partial charge in [0.05, 0.1) is 6.33 Å². The lowest BCUT2D eigenvalue weighted by atomic mass is 9.92. The van der Waals surface area contributed by atoms with Crippen molar-refractivity contribution in [1.29, 1.82) is 0 Å². The van der Waals surface area contributed by atoms with Crippen LogP contribution in [0.2, 0.25) is 0 Å². The predicted molar refractivity (Wildman–Crippen MR) is 72.8 cm³/mol. The monoisotopic (exact) mass is 265 g/mol. The molecule has 1 aromatic rings. The van der Waals surface area contributed by atoms with Crippen molar-refractivity contribution in [2.24, 2.45) is 5.92 Å². The Morgan fingerprint density at radius 3 is 2.68 bits per heavy atom. The number of imidazole rings is 1. The minimum atomic E-state index is -0.413. The van der Waals surface area contributed by atoms with Crippen LogP contribution in [0.3, 0.4) is 0 Å². The van der Waals surface area contributed by atoms with Gasteiger partial charge in [-0.1, -0.05) is 0 Å². The van der Waals surface area contributed by atoms with Crippen LogP contribution in [0, 0.1) is 5.92 Å². The molecule has 0 aliphatic carbocycles. The van der Waals surface area contributed by atoms with Crippen LogP contribution in [-0.2, 0) is 11.2 Å². The minimum Gasteiger partial charge on any atom is -0.444 e. The third-order valence-electron chi connectivity index (χ3n) is 3.33. The summed E-state index contributed by atoms with van der Waals surface area (Å²) in [6, 6.07) is 0. The van der Waals surface area contributed by atoms with Crippen LogP contribution in [0.5, 0.6) is 0 Å². The van der Waals surface area contributed by atoms with Crippen LogP contribution >= 0.6 is 0 Å². The standard InChI is InChI=1S/C14H23N3O2/c1-14(2,3)19-13(18)17-6-4-11(5-7-17)8-12-9-15-10-16-12/h9-11H,4-8H2,1-3H3,(H,15,16). The summed E-state index contributed by atoms with van der Waals surface area (Å²) >= 11 is 0. The van der Waals surface area contributed by atoms with Gasteiger partial charge in [0.25, 0.3) is 0 Å². The van der Waals surface area contributed by atoms with E-state index in [2.05, 4.69) is 9.97 Å². The minimum absolute atomic E-state index is 0.188. The van der Waals surface area contributed by atoms with Gasteiger partial charge in [-0.25, -0.2) is 9.78 Å². The number of ether oxygens (including phenoxy) is 1. The van der Waals surface area contributed by atoms with E-state index in [1.807, 2.05) is 31.9 Å². The van der Waals surface area contributed by atoms with Gasteiger partial charge in [0, 0.05) is 25.0 Å². The van der Waals surface area contributed by atoms with Crippen molar-refractivity contribution in [3.8, 4) is 0 Å². The number of piperidine rings is 1. The summed E-state index contributed by atoms with van der Waals surface area (Å²) in [6.07, 6.45) is 6.47. The largest absolute Gasteiger partial charge is 0.444 e. The van der Waals surface area contributed by atoms with Crippen LogP contribution in [-0.4, -0.2) is 39.7 Å². The van der Waals surface area contributed by atoms with Crippen molar-refractivity contribution in [1.82, 2.24) is 14.9 Å². The second-order valence-electron chi connectivity index (χ2n) is 6.19. The van der Waals surface area contributed by atoms with E-state index in [9.17, 15) is 4.79 Å². The molecule has 5 heteroatoms. The molecular formula is C14H23N3O2. The molecule has 0 bridgehead atoms. The fourth-order valence-electron chi connectivity index (χ4n) is 2.35. The first-order valence-electron chi connectivity index (χ1n) is 6.89. The molecule has 2 heterocycles. The fraction of sp³-hybridized carbons (Fsp3) is 0.714. The number of hydrogen-bond donors (Lipinski definition) is 1. The van der Waals surface area contributed by atoms with Crippen LogP contribution in [0.1, 0.15) is 39.3 Å². The number of likely N-dealkylation sites (tertiary alicyclic amines) is 1. The Balaban J connectivity index is 1.77. The van der Waals surface area contributed by atoms with Crippen molar-refractivity contribution < 1.29 is 9.53 Å². The Hall–Kier alpha value is -1.52. The van der Waals surface area contributed by atoms with E-state index in [1.54, 1.807) is 6.33 Å². The third-order valence-corrected chi connectivity index (χ3v) is 3.33. The number of carbonyl (C=O) groups excluding carboxylic acids is 1. The summed E-state index contributed by atoms with van der Waals surface area (Å²) < 4.78 is 5.39. The van der Waals surface area contributed by atoms with E-state index < -0.39 is 5.60 Å². The first kappa shape index (κ1) is 13.9. The summed E-state index contributed by atoms with van der Waals surface area (Å²) in [7, 11) is 0. The van der Waals surface area contributed by atoms with Crippen LogP contribution < -0.4 is 0 Å². The molecule has 1 amide bonds. The maximum Gasteiger partial charge on any atom is 0.410 e. The second-order valence-corrected chi connectivity index (χ2v) is 6.19. The molecule has 0 saturated carbocycles. The zero-order chi connectivity index (χ0) is 13.9.